The summed E-state index contributed by atoms with van der Waals surface area (Å²) in [6.45, 7) is 4.23. The van der Waals surface area contributed by atoms with E-state index in [4.69, 9.17) is 28.9 Å². The van der Waals surface area contributed by atoms with Gasteiger partial charge in [-0.25, -0.2) is 4.98 Å². The molecule has 4 aromatic rings. The second-order valence-corrected chi connectivity index (χ2v) is 9.59. The van der Waals surface area contributed by atoms with Crippen LogP contribution in [0.2, 0.25) is 10.0 Å². The zero-order valence-electron chi connectivity index (χ0n) is 18.0. The van der Waals surface area contributed by atoms with E-state index < -0.39 is 0 Å². The van der Waals surface area contributed by atoms with Gasteiger partial charge in [0.2, 0.25) is 0 Å². The van der Waals surface area contributed by atoms with Crippen LogP contribution >= 0.6 is 34.7 Å². The Kier molecular flexibility index (Phi) is 6.21. The molecule has 1 saturated heterocycles. The van der Waals surface area contributed by atoms with Crippen LogP contribution in [0.4, 0.5) is 11.5 Å². The van der Waals surface area contributed by atoms with E-state index >= 15 is 0 Å². The molecule has 1 aliphatic heterocycles. The predicted molar refractivity (Wildman–Crippen MR) is 138 cm³/mol. The molecule has 0 spiro atoms. The highest BCUT2D eigenvalue weighted by Crippen LogP contribution is 2.41. The Morgan fingerprint density at radius 1 is 0.939 bits per heavy atom. The quantitative estimate of drug-likeness (QED) is 0.397. The number of rotatable bonds is 4. The molecule has 0 atom stereocenters. The van der Waals surface area contributed by atoms with Gasteiger partial charge < -0.3 is 15.5 Å². The molecule has 0 aliphatic carbocycles. The number of anilines is 2. The Hall–Kier alpha value is -2.71. The lowest BCUT2D eigenvalue weighted by molar-refractivity contribution is 0.313. The zero-order chi connectivity index (χ0) is 22.9. The van der Waals surface area contributed by atoms with Gasteiger partial charge in [0.25, 0.3) is 0 Å². The molecule has 33 heavy (non-hydrogen) atoms. The summed E-state index contributed by atoms with van der Waals surface area (Å²) in [7, 11) is 2.16. The van der Waals surface area contributed by atoms with Crippen molar-refractivity contribution in [3.05, 3.63) is 64.8 Å². The standard InChI is InChI=1S/C24H22Cl2N6S/c1-31-9-11-32(12-10-31)17-7-5-15(6-8-17)16-13-19(24(27)28-14-16)22-23(33-30-29-22)18-3-2-4-20(25)21(18)26/h2-8,13-14H,9-12H2,1H3,(H2,27,28). The van der Waals surface area contributed by atoms with E-state index in [0.717, 1.165) is 53.3 Å². The summed E-state index contributed by atoms with van der Waals surface area (Å²) >= 11 is 13.9. The Labute approximate surface area is 206 Å². The lowest BCUT2D eigenvalue weighted by atomic mass is 10.0. The molecule has 1 fully saturated rings. The van der Waals surface area contributed by atoms with E-state index in [1.54, 1.807) is 12.3 Å². The minimum absolute atomic E-state index is 0.389. The first-order valence-corrected chi connectivity index (χ1v) is 12.1. The van der Waals surface area contributed by atoms with Gasteiger partial charge in [0, 0.05) is 54.8 Å². The summed E-state index contributed by atoms with van der Waals surface area (Å²) in [5.74, 6) is 0.389. The first-order chi connectivity index (χ1) is 16.0. The number of aromatic nitrogens is 3. The molecule has 1 aliphatic rings. The highest BCUT2D eigenvalue weighted by atomic mass is 35.5. The van der Waals surface area contributed by atoms with Crippen molar-refractivity contribution in [2.45, 2.75) is 0 Å². The molecule has 0 radical (unpaired) electrons. The average molecular weight is 497 g/mol. The van der Waals surface area contributed by atoms with Crippen LogP contribution in [0, 0.1) is 0 Å². The van der Waals surface area contributed by atoms with Crippen LogP contribution in [-0.4, -0.2) is 52.7 Å². The maximum Gasteiger partial charge on any atom is 0.132 e. The fourth-order valence-electron chi connectivity index (χ4n) is 3.98. The van der Waals surface area contributed by atoms with Crippen LogP contribution in [-0.2, 0) is 0 Å². The Morgan fingerprint density at radius 2 is 1.70 bits per heavy atom. The van der Waals surface area contributed by atoms with Crippen LogP contribution < -0.4 is 10.6 Å². The molecule has 0 saturated carbocycles. The number of pyridine rings is 1. The normalized spacial score (nSPS) is 14.6. The van der Waals surface area contributed by atoms with Gasteiger partial charge in [0.05, 0.1) is 14.9 Å². The van der Waals surface area contributed by atoms with Gasteiger partial charge in [-0.15, -0.1) is 5.10 Å². The zero-order valence-corrected chi connectivity index (χ0v) is 20.3. The first kappa shape index (κ1) is 22.1. The molecule has 6 nitrogen and oxygen atoms in total. The number of piperazine rings is 1. The van der Waals surface area contributed by atoms with Gasteiger partial charge in [-0.05, 0) is 48.4 Å². The van der Waals surface area contributed by atoms with E-state index in [2.05, 4.69) is 55.7 Å². The number of nitrogen functional groups attached to an aromatic ring is 1. The molecule has 0 amide bonds. The maximum atomic E-state index is 6.46. The molecule has 0 bridgehead atoms. The van der Waals surface area contributed by atoms with Crippen LogP contribution in [0.5, 0.6) is 0 Å². The van der Waals surface area contributed by atoms with Gasteiger partial charge in [0.1, 0.15) is 11.5 Å². The van der Waals surface area contributed by atoms with Crippen molar-refractivity contribution in [1.29, 1.82) is 0 Å². The third-order valence-electron chi connectivity index (χ3n) is 5.93. The van der Waals surface area contributed by atoms with Crippen LogP contribution in [0.1, 0.15) is 0 Å². The van der Waals surface area contributed by atoms with Gasteiger partial charge in [0.15, 0.2) is 0 Å². The van der Waals surface area contributed by atoms with Crippen LogP contribution in [0.15, 0.2) is 54.7 Å². The minimum atomic E-state index is 0.389. The Balaban J connectivity index is 1.48. The number of likely N-dealkylation sites (N-methyl/N-ethyl adjacent to an activating group) is 1. The van der Waals surface area contributed by atoms with E-state index in [-0.39, 0.29) is 0 Å². The van der Waals surface area contributed by atoms with Gasteiger partial charge in [-0.2, -0.15) is 0 Å². The molecule has 2 aromatic carbocycles. The summed E-state index contributed by atoms with van der Waals surface area (Å²) < 4.78 is 4.16. The number of nitrogens with zero attached hydrogens (tertiary/aromatic N) is 5. The van der Waals surface area contributed by atoms with E-state index in [1.807, 2.05) is 18.2 Å². The van der Waals surface area contributed by atoms with Gasteiger partial charge in [-0.1, -0.05) is 52.0 Å². The molecule has 0 unspecified atom stereocenters. The first-order valence-electron chi connectivity index (χ1n) is 10.6. The summed E-state index contributed by atoms with van der Waals surface area (Å²) in [5.41, 5.74) is 11.7. The van der Waals surface area contributed by atoms with Crippen molar-refractivity contribution in [3.8, 4) is 32.8 Å². The third-order valence-corrected chi connectivity index (χ3v) is 7.50. The molecule has 168 valence electrons. The van der Waals surface area contributed by atoms with E-state index in [0.29, 0.717) is 21.6 Å². The molecule has 5 rings (SSSR count). The molecule has 3 heterocycles. The third kappa shape index (κ3) is 4.42. The summed E-state index contributed by atoms with van der Waals surface area (Å²) in [6.07, 6.45) is 1.79. The highest BCUT2D eigenvalue weighted by Gasteiger charge is 2.20. The molecule has 2 aromatic heterocycles. The smallest absolute Gasteiger partial charge is 0.132 e. The predicted octanol–water partition coefficient (Wildman–Crippen LogP) is 5.57. The summed E-state index contributed by atoms with van der Waals surface area (Å²) in [6, 6.07) is 16.1. The van der Waals surface area contributed by atoms with Crippen molar-refractivity contribution in [1.82, 2.24) is 19.5 Å². The summed E-state index contributed by atoms with van der Waals surface area (Å²) in [5, 5.41) is 5.29. The molecule has 9 heteroatoms. The fourth-order valence-corrected chi connectivity index (χ4v) is 5.14. The van der Waals surface area contributed by atoms with Gasteiger partial charge >= 0.3 is 0 Å². The second-order valence-electron chi connectivity index (χ2n) is 8.05. The minimum Gasteiger partial charge on any atom is -0.383 e. The topological polar surface area (TPSA) is 71.2 Å². The summed E-state index contributed by atoms with van der Waals surface area (Å²) in [4.78, 5) is 10.0. The lowest BCUT2D eigenvalue weighted by Crippen LogP contribution is -2.44. The molecule has 2 N–H and O–H groups in total. The van der Waals surface area contributed by atoms with Crippen LogP contribution in [0.3, 0.4) is 0 Å². The van der Waals surface area contributed by atoms with Crippen molar-refractivity contribution < 1.29 is 0 Å². The highest BCUT2D eigenvalue weighted by molar-refractivity contribution is 7.10. The number of halogens is 2. The van der Waals surface area contributed by atoms with Crippen molar-refractivity contribution in [2.75, 3.05) is 43.9 Å². The number of hydrogen-bond acceptors (Lipinski definition) is 7. The van der Waals surface area contributed by atoms with E-state index in [1.165, 1.54) is 17.2 Å². The second kappa shape index (κ2) is 9.27. The monoisotopic (exact) mass is 496 g/mol. The van der Waals surface area contributed by atoms with E-state index in [9.17, 15) is 0 Å². The maximum absolute atomic E-state index is 6.46. The fraction of sp³-hybridized carbons (Fsp3) is 0.208. The van der Waals surface area contributed by atoms with Crippen molar-refractivity contribution >= 4 is 46.2 Å². The SMILES string of the molecule is CN1CCN(c2ccc(-c3cnc(N)c(-c4nnsc4-c4cccc(Cl)c4Cl)c3)cc2)CC1. The molecular weight excluding hydrogens is 475 g/mol. The van der Waals surface area contributed by atoms with Gasteiger partial charge in [-0.3, -0.25) is 0 Å². The van der Waals surface area contributed by atoms with Crippen LogP contribution in [0.25, 0.3) is 32.8 Å². The number of hydrogen-bond donors (Lipinski definition) is 1. The Bertz CT molecular complexity index is 1280. The molecular formula is C24H22Cl2N6S. The lowest BCUT2D eigenvalue weighted by Gasteiger charge is -2.34. The number of benzene rings is 2. The number of nitrogens with two attached hydrogens (primary N) is 1. The Morgan fingerprint density at radius 3 is 2.45 bits per heavy atom. The average Bonchev–Trinajstić information content (AvgIpc) is 3.31. The van der Waals surface area contributed by atoms with Crippen molar-refractivity contribution in [3.63, 3.8) is 0 Å². The largest absolute Gasteiger partial charge is 0.383 e. The van der Waals surface area contributed by atoms with Crippen molar-refractivity contribution in [2.24, 2.45) is 0 Å².